The molecule has 0 atom stereocenters. The van der Waals surface area contributed by atoms with Gasteiger partial charge in [-0.15, -0.1) is 11.8 Å². The molecule has 0 heterocycles. The van der Waals surface area contributed by atoms with Crippen molar-refractivity contribution < 1.29 is 9.53 Å². The quantitative estimate of drug-likeness (QED) is 0.615. The molecule has 0 N–H and O–H groups in total. The second-order valence-corrected chi connectivity index (χ2v) is 5.20. The number of carbonyl (C=O) groups is 1. The molecular formula is C15H13ClO2S. The summed E-state index contributed by atoms with van der Waals surface area (Å²) >= 11 is 7.80. The van der Waals surface area contributed by atoms with Crippen molar-refractivity contribution in [3.63, 3.8) is 0 Å². The van der Waals surface area contributed by atoms with Gasteiger partial charge in [0.25, 0.3) is 0 Å². The first-order chi connectivity index (χ1) is 9.15. The first kappa shape index (κ1) is 14.0. The molecule has 0 aliphatic rings. The maximum Gasteiger partial charge on any atom is 0.339 e. The van der Waals surface area contributed by atoms with Gasteiger partial charge in [0.05, 0.1) is 17.7 Å². The van der Waals surface area contributed by atoms with Crippen LogP contribution in [-0.4, -0.2) is 19.3 Å². The minimum absolute atomic E-state index is 0.383. The number of thioether (sulfide) groups is 1. The standard InChI is InChI=1S/C15H13ClO2S/c1-18-15(17)13-8-5-11(9-14(13)16)10-3-6-12(19-2)7-4-10/h3-9H,1-2H3. The highest BCUT2D eigenvalue weighted by Crippen LogP contribution is 2.27. The molecule has 0 saturated carbocycles. The Bertz CT molecular complexity index is 594. The third kappa shape index (κ3) is 3.11. The van der Waals surface area contributed by atoms with E-state index in [9.17, 15) is 4.79 Å². The van der Waals surface area contributed by atoms with E-state index in [1.165, 1.54) is 12.0 Å². The zero-order valence-corrected chi connectivity index (χ0v) is 12.2. The van der Waals surface area contributed by atoms with Crippen molar-refractivity contribution in [1.82, 2.24) is 0 Å². The second kappa shape index (κ2) is 6.13. The minimum Gasteiger partial charge on any atom is -0.465 e. The average Bonchev–Trinajstić information content (AvgIpc) is 2.46. The van der Waals surface area contributed by atoms with Gasteiger partial charge in [0.1, 0.15) is 0 Å². The van der Waals surface area contributed by atoms with Crippen molar-refractivity contribution in [1.29, 1.82) is 0 Å². The third-order valence-corrected chi connectivity index (χ3v) is 3.85. The van der Waals surface area contributed by atoms with E-state index in [1.807, 2.05) is 24.5 Å². The lowest BCUT2D eigenvalue weighted by Gasteiger charge is -2.06. The molecule has 0 radical (unpaired) electrons. The maximum atomic E-state index is 11.5. The molecule has 0 fully saturated rings. The van der Waals surface area contributed by atoms with Gasteiger partial charge in [0.15, 0.2) is 0 Å². The lowest BCUT2D eigenvalue weighted by atomic mass is 10.0. The molecule has 2 nitrogen and oxygen atoms in total. The Balaban J connectivity index is 2.35. The molecular weight excluding hydrogens is 280 g/mol. The fourth-order valence-corrected chi connectivity index (χ4v) is 2.42. The van der Waals surface area contributed by atoms with Crippen LogP contribution in [0.25, 0.3) is 11.1 Å². The lowest BCUT2D eigenvalue weighted by Crippen LogP contribution is -2.01. The van der Waals surface area contributed by atoms with Crippen LogP contribution in [0.15, 0.2) is 47.4 Å². The number of benzene rings is 2. The SMILES string of the molecule is COC(=O)c1ccc(-c2ccc(SC)cc2)cc1Cl. The molecule has 0 spiro atoms. The Hall–Kier alpha value is -1.45. The fraction of sp³-hybridized carbons (Fsp3) is 0.133. The number of methoxy groups -OCH3 is 1. The predicted molar refractivity (Wildman–Crippen MR) is 80.0 cm³/mol. The molecule has 0 unspecified atom stereocenters. The van der Waals surface area contributed by atoms with Gasteiger partial charge in [-0.25, -0.2) is 4.79 Å². The normalized spacial score (nSPS) is 10.3. The van der Waals surface area contributed by atoms with Crippen LogP contribution in [0.1, 0.15) is 10.4 Å². The summed E-state index contributed by atoms with van der Waals surface area (Å²) in [4.78, 5) is 12.7. The van der Waals surface area contributed by atoms with Gasteiger partial charge in [-0.05, 0) is 41.6 Å². The van der Waals surface area contributed by atoms with Crippen LogP contribution < -0.4 is 0 Å². The van der Waals surface area contributed by atoms with E-state index in [2.05, 4.69) is 16.9 Å². The highest BCUT2D eigenvalue weighted by atomic mass is 35.5. The van der Waals surface area contributed by atoms with Gasteiger partial charge in [0.2, 0.25) is 0 Å². The third-order valence-electron chi connectivity index (χ3n) is 2.80. The number of ether oxygens (including phenoxy) is 1. The Kier molecular flexibility index (Phi) is 4.51. The summed E-state index contributed by atoms with van der Waals surface area (Å²) in [5, 5.41) is 0.401. The van der Waals surface area contributed by atoms with E-state index in [0.29, 0.717) is 10.6 Å². The number of esters is 1. The second-order valence-electron chi connectivity index (χ2n) is 3.91. The van der Waals surface area contributed by atoms with E-state index in [0.717, 1.165) is 11.1 Å². The van der Waals surface area contributed by atoms with E-state index >= 15 is 0 Å². The Morgan fingerprint density at radius 1 is 1.11 bits per heavy atom. The highest BCUT2D eigenvalue weighted by molar-refractivity contribution is 7.98. The summed E-state index contributed by atoms with van der Waals surface area (Å²) in [6.07, 6.45) is 2.04. The summed E-state index contributed by atoms with van der Waals surface area (Å²) in [6, 6.07) is 13.5. The van der Waals surface area contributed by atoms with Crippen LogP contribution in [0, 0.1) is 0 Å². The summed E-state index contributed by atoms with van der Waals surface area (Å²) in [6.45, 7) is 0. The number of carbonyl (C=O) groups excluding carboxylic acids is 1. The van der Waals surface area contributed by atoms with Crippen LogP contribution in [0.4, 0.5) is 0 Å². The van der Waals surface area contributed by atoms with Crippen molar-refractivity contribution in [3.8, 4) is 11.1 Å². The van der Waals surface area contributed by atoms with Crippen molar-refractivity contribution in [2.24, 2.45) is 0 Å². The zero-order valence-electron chi connectivity index (χ0n) is 10.6. The smallest absolute Gasteiger partial charge is 0.339 e. The van der Waals surface area contributed by atoms with E-state index in [4.69, 9.17) is 11.6 Å². The Morgan fingerprint density at radius 2 is 1.74 bits per heavy atom. The van der Waals surface area contributed by atoms with Crippen molar-refractivity contribution in [2.75, 3.05) is 13.4 Å². The maximum absolute atomic E-state index is 11.5. The summed E-state index contributed by atoms with van der Waals surface area (Å²) in [5.41, 5.74) is 2.43. The van der Waals surface area contributed by atoms with E-state index in [-0.39, 0.29) is 0 Å². The molecule has 2 aromatic carbocycles. The first-order valence-corrected chi connectivity index (χ1v) is 7.28. The minimum atomic E-state index is -0.422. The molecule has 2 rings (SSSR count). The first-order valence-electron chi connectivity index (χ1n) is 5.68. The molecule has 0 aromatic heterocycles. The van der Waals surface area contributed by atoms with Crippen LogP contribution in [0.3, 0.4) is 0 Å². The lowest BCUT2D eigenvalue weighted by molar-refractivity contribution is 0.0601. The van der Waals surface area contributed by atoms with Crippen molar-refractivity contribution in [2.45, 2.75) is 4.90 Å². The average molecular weight is 293 g/mol. The summed E-state index contributed by atoms with van der Waals surface area (Å²) in [7, 11) is 1.34. The monoisotopic (exact) mass is 292 g/mol. The van der Waals surface area contributed by atoms with Gasteiger partial charge in [-0.3, -0.25) is 0 Å². The molecule has 2 aromatic rings. The summed E-state index contributed by atoms with van der Waals surface area (Å²) < 4.78 is 4.67. The zero-order chi connectivity index (χ0) is 13.8. The molecule has 98 valence electrons. The molecule has 0 bridgehead atoms. The number of hydrogen-bond donors (Lipinski definition) is 0. The van der Waals surface area contributed by atoms with Crippen LogP contribution in [0.2, 0.25) is 5.02 Å². The van der Waals surface area contributed by atoms with E-state index in [1.54, 1.807) is 23.9 Å². The van der Waals surface area contributed by atoms with Crippen molar-refractivity contribution in [3.05, 3.63) is 53.1 Å². The largest absolute Gasteiger partial charge is 0.465 e. The number of hydrogen-bond acceptors (Lipinski definition) is 3. The van der Waals surface area contributed by atoms with Gasteiger partial charge >= 0.3 is 5.97 Å². The highest BCUT2D eigenvalue weighted by Gasteiger charge is 2.11. The molecule has 0 amide bonds. The number of halogens is 1. The van der Waals surface area contributed by atoms with Crippen LogP contribution in [-0.2, 0) is 4.74 Å². The fourth-order valence-electron chi connectivity index (χ4n) is 1.75. The Morgan fingerprint density at radius 3 is 2.26 bits per heavy atom. The Labute approximate surface area is 121 Å². The molecule has 0 aliphatic heterocycles. The molecule has 0 saturated heterocycles. The van der Waals surface area contributed by atoms with E-state index < -0.39 is 5.97 Å². The predicted octanol–water partition coefficient (Wildman–Crippen LogP) is 4.52. The van der Waals surface area contributed by atoms with Crippen LogP contribution >= 0.6 is 23.4 Å². The van der Waals surface area contributed by atoms with Gasteiger partial charge < -0.3 is 4.74 Å². The molecule has 4 heteroatoms. The van der Waals surface area contributed by atoms with Gasteiger partial charge in [0, 0.05) is 4.90 Å². The van der Waals surface area contributed by atoms with Gasteiger partial charge in [-0.2, -0.15) is 0 Å². The van der Waals surface area contributed by atoms with Gasteiger partial charge in [-0.1, -0.05) is 29.8 Å². The number of rotatable bonds is 3. The van der Waals surface area contributed by atoms with Crippen LogP contribution in [0.5, 0.6) is 0 Å². The summed E-state index contributed by atoms with van der Waals surface area (Å²) in [5.74, 6) is -0.422. The molecule has 19 heavy (non-hydrogen) atoms. The topological polar surface area (TPSA) is 26.3 Å². The van der Waals surface area contributed by atoms with Crippen molar-refractivity contribution >= 4 is 29.3 Å². The molecule has 0 aliphatic carbocycles.